The first-order valence-electron chi connectivity index (χ1n) is 10.9. The zero-order chi connectivity index (χ0) is 21.8. The maximum atomic E-state index is 10.3. The summed E-state index contributed by atoms with van der Waals surface area (Å²) >= 11 is 0. The topological polar surface area (TPSA) is 96.3 Å². The van der Waals surface area contributed by atoms with Crippen LogP contribution in [0.25, 0.3) is 33.2 Å². The van der Waals surface area contributed by atoms with E-state index in [-0.39, 0.29) is 5.75 Å². The molecule has 4 heterocycles. The van der Waals surface area contributed by atoms with Crippen molar-refractivity contribution < 1.29 is 9.84 Å². The molecule has 0 amide bonds. The standard InChI is InChI=1S/C24H24N6O2/c1-13-4-3-5-14-8-17(31)9-18(20(13)14)21-25-10-19-22(27-21)28-24(32-2)29-23(19)30-11-15-6-7-16(12-30)26-15/h3-5,8-10,15-16,26,31H,6-7,11-12H2,1-2H3/t15-,16?/m0/s1. The number of aryl methyl sites for hydroxylation is 1. The number of rotatable bonds is 3. The number of anilines is 1. The van der Waals surface area contributed by atoms with Crippen LogP contribution in [-0.4, -0.2) is 57.3 Å². The van der Waals surface area contributed by atoms with Gasteiger partial charge >= 0.3 is 6.01 Å². The molecular weight excluding hydrogens is 404 g/mol. The molecule has 2 aliphatic heterocycles. The van der Waals surface area contributed by atoms with Gasteiger partial charge in [0.15, 0.2) is 11.5 Å². The molecule has 2 saturated heterocycles. The fourth-order valence-electron chi connectivity index (χ4n) is 5.09. The Morgan fingerprint density at radius 1 is 1.09 bits per heavy atom. The van der Waals surface area contributed by atoms with Gasteiger partial charge in [0.25, 0.3) is 0 Å². The minimum absolute atomic E-state index is 0.180. The van der Waals surface area contributed by atoms with E-state index in [1.165, 1.54) is 12.8 Å². The Kier molecular flexibility index (Phi) is 4.36. The second-order valence-corrected chi connectivity index (χ2v) is 8.67. The zero-order valence-corrected chi connectivity index (χ0v) is 18.0. The van der Waals surface area contributed by atoms with Gasteiger partial charge in [-0.15, -0.1) is 0 Å². The predicted octanol–water partition coefficient (Wildman–Crippen LogP) is 3.20. The Morgan fingerprint density at radius 3 is 2.69 bits per heavy atom. The predicted molar refractivity (Wildman–Crippen MR) is 123 cm³/mol. The minimum Gasteiger partial charge on any atom is -0.508 e. The minimum atomic E-state index is 0.180. The summed E-state index contributed by atoms with van der Waals surface area (Å²) in [6.45, 7) is 3.83. The molecular formula is C24H24N6O2. The van der Waals surface area contributed by atoms with Crippen molar-refractivity contribution >= 4 is 27.6 Å². The van der Waals surface area contributed by atoms with Gasteiger partial charge < -0.3 is 20.1 Å². The summed E-state index contributed by atoms with van der Waals surface area (Å²) in [7, 11) is 1.57. The van der Waals surface area contributed by atoms with Crippen LogP contribution in [0, 0.1) is 6.92 Å². The second kappa shape index (κ2) is 7.27. The third-order valence-corrected chi connectivity index (χ3v) is 6.52. The summed E-state index contributed by atoms with van der Waals surface area (Å²) in [6.07, 6.45) is 4.17. The van der Waals surface area contributed by atoms with Crippen molar-refractivity contribution in [3.63, 3.8) is 0 Å². The quantitative estimate of drug-likeness (QED) is 0.514. The van der Waals surface area contributed by atoms with E-state index in [1.807, 2.05) is 25.1 Å². The molecule has 8 heteroatoms. The fourth-order valence-corrected chi connectivity index (χ4v) is 5.09. The molecule has 0 saturated carbocycles. The summed E-state index contributed by atoms with van der Waals surface area (Å²) in [4.78, 5) is 21.0. The smallest absolute Gasteiger partial charge is 0.320 e. The van der Waals surface area contributed by atoms with E-state index in [0.29, 0.717) is 29.6 Å². The number of nitrogens with one attached hydrogen (secondary N) is 1. The molecule has 0 radical (unpaired) electrons. The largest absolute Gasteiger partial charge is 0.508 e. The first-order valence-corrected chi connectivity index (χ1v) is 10.9. The molecule has 8 nitrogen and oxygen atoms in total. The van der Waals surface area contributed by atoms with E-state index in [0.717, 1.165) is 46.2 Å². The normalized spacial score (nSPS) is 20.2. The molecule has 2 aromatic carbocycles. The Hall–Kier alpha value is -3.52. The van der Waals surface area contributed by atoms with Crippen LogP contribution in [0.1, 0.15) is 18.4 Å². The van der Waals surface area contributed by atoms with Crippen molar-refractivity contribution in [1.82, 2.24) is 25.3 Å². The average molecular weight is 428 g/mol. The van der Waals surface area contributed by atoms with Crippen molar-refractivity contribution in [1.29, 1.82) is 0 Å². The molecule has 4 aromatic rings. The summed E-state index contributed by atoms with van der Waals surface area (Å²) in [6, 6.07) is 10.7. The van der Waals surface area contributed by atoms with Gasteiger partial charge in [-0.1, -0.05) is 18.2 Å². The van der Waals surface area contributed by atoms with Crippen molar-refractivity contribution in [3.8, 4) is 23.1 Å². The summed E-state index contributed by atoms with van der Waals surface area (Å²) in [5, 5.41) is 16.7. The molecule has 0 aliphatic carbocycles. The van der Waals surface area contributed by atoms with E-state index in [9.17, 15) is 5.11 Å². The van der Waals surface area contributed by atoms with Crippen molar-refractivity contribution in [2.75, 3.05) is 25.1 Å². The molecule has 2 N–H and O–H groups in total. The monoisotopic (exact) mass is 428 g/mol. The van der Waals surface area contributed by atoms with Gasteiger partial charge in [-0.05, 0) is 48.2 Å². The third-order valence-electron chi connectivity index (χ3n) is 6.52. The van der Waals surface area contributed by atoms with Crippen LogP contribution in [0.2, 0.25) is 0 Å². The molecule has 2 fully saturated rings. The number of methoxy groups -OCH3 is 1. The van der Waals surface area contributed by atoms with Gasteiger partial charge in [0.05, 0.1) is 12.5 Å². The van der Waals surface area contributed by atoms with Crippen molar-refractivity contribution in [2.45, 2.75) is 31.8 Å². The van der Waals surface area contributed by atoms with E-state index in [1.54, 1.807) is 25.4 Å². The van der Waals surface area contributed by atoms with E-state index >= 15 is 0 Å². The number of aromatic nitrogens is 4. The highest BCUT2D eigenvalue weighted by molar-refractivity contribution is 5.99. The molecule has 32 heavy (non-hydrogen) atoms. The van der Waals surface area contributed by atoms with E-state index < -0.39 is 0 Å². The summed E-state index contributed by atoms with van der Waals surface area (Å²) < 4.78 is 5.41. The number of hydrogen-bond donors (Lipinski definition) is 2. The number of phenols is 1. The second-order valence-electron chi connectivity index (χ2n) is 8.67. The lowest BCUT2D eigenvalue weighted by atomic mass is 9.99. The Morgan fingerprint density at radius 2 is 1.91 bits per heavy atom. The van der Waals surface area contributed by atoms with Crippen LogP contribution in [0.5, 0.6) is 11.8 Å². The van der Waals surface area contributed by atoms with Gasteiger partial charge in [-0.2, -0.15) is 9.97 Å². The van der Waals surface area contributed by atoms with Gasteiger partial charge in [0.1, 0.15) is 11.6 Å². The maximum absolute atomic E-state index is 10.3. The van der Waals surface area contributed by atoms with Crippen molar-refractivity contribution in [2.24, 2.45) is 0 Å². The molecule has 1 unspecified atom stereocenters. The highest BCUT2D eigenvalue weighted by Crippen LogP contribution is 2.35. The number of ether oxygens (including phenoxy) is 1. The lowest BCUT2D eigenvalue weighted by Crippen LogP contribution is -2.51. The number of benzene rings is 2. The molecule has 2 bridgehead atoms. The van der Waals surface area contributed by atoms with E-state index in [2.05, 4.69) is 25.2 Å². The van der Waals surface area contributed by atoms with Crippen LogP contribution in [0.4, 0.5) is 5.82 Å². The average Bonchev–Trinajstić information content (AvgIpc) is 3.14. The van der Waals surface area contributed by atoms with Crippen LogP contribution in [-0.2, 0) is 0 Å². The highest BCUT2D eigenvalue weighted by atomic mass is 16.5. The lowest BCUT2D eigenvalue weighted by molar-refractivity contribution is 0.380. The number of nitrogens with zero attached hydrogens (tertiary/aromatic N) is 5. The first-order chi connectivity index (χ1) is 15.6. The highest BCUT2D eigenvalue weighted by Gasteiger charge is 2.33. The molecule has 0 spiro atoms. The van der Waals surface area contributed by atoms with Gasteiger partial charge in [-0.25, -0.2) is 9.97 Å². The number of hydrogen-bond acceptors (Lipinski definition) is 8. The third kappa shape index (κ3) is 3.10. The molecule has 2 atom stereocenters. The summed E-state index contributed by atoms with van der Waals surface area (Å²) in [5.41, 5.74) is 2.41. The summed E-state index contributed by atoms with van der Waals surface area (Å²) in [5.74, 6) is 1.51. The molecule has 2 aliphatic rings. The van der Waals surface area contributed by atoms with Crippen LogP contribution >= 0.6 is 0 Å². The molecule has 6 rings (SSSR count). The molecule has 2 aromatic heterocycles. The Balaban J connectivity index is 1.52. The number of fused-ring (bicyclic) bond motifs is 4. The number of aromatic hydroxyl groups is 1. The van der Waals surface area contributed by atoms with Crippen LogP contribution in [0.3, 0.4) is 0 Å². The Bertz CT molecular complexity index is 1350. The number of phenolic OH excluding ortho intramolecular Hbond substituents is 1. The van der Waals surface area contributed by atoms with Gasteiger partial charge in [0.2, 0.25) is 0 Å². The lowest BCUT2D eigenvalue weighted by Gasteiger charge is -2.34. The van der Waals surface area contributed by atoms with Gasteiger partial charge in [-0.3, -0.25) is 0 Å². The van der Waals surface area contributed by atoms with Crippen LogP contribution in [0.15, 0.2) is 36.5 Å². The van der Waals surface area contributed by atoms with Crippen molar-refractivity contribution in [3.05, 3.63) is 42.1 Å². The zero-order valence-electron chi connectivity index (χ0n) is 18.0. The Labute approximate surface area is 185 Å². The van der Waals surface area contributed by atoms with Crippen LogP contribution < -0.4 is 15.0 Å². The molecule has 162 valence electrons. The number of piperazine rings is 1. The maximum Gasteiger partial charge on any atom is 0.320 e. The van der Waals surface area contributed by atoms with Gasteiger partial charge in [0, 0.05) is 36.9 Å². The first kappa shape index (κ1) is 19.2. The van der Waals surface area contributed by atoms with E-state index in [4.69, 9.17) is 9.72 Å². The fraction of sp³-hybridized carbons (Fsp3) is 0.333. The SMILES string of the molecule is COc1nc(N2CC3CC[C@@H](C2)N3)c2cnc(-c3cc(O)cc4cccc(C)c34)nc2n1.